The van der Waals surface area contributed by atoms with Gasteiger partial charge in [0, 0.05) is 5.69 Å². The molecule has 1 fully saturated rings. The van der Waals surface area contributed by atoms with Crippen molar-refractivity contribution in [2.45, 2.75) is 18.8 Å². The molecule has 1 aromatic carbocycles. The van der Waals surface area contributed by atoms with Crippen molar-refractivity contribution in [1.82, 2.24) is 0 Å². The molecule has 0 saturated heterocycles. The van der Waals surface area contributed by atoms with Gasteiger partial charge in [0.25, 0.3) is 0 Å². The number of nitrogen functional groups attached to an aromatic ring is 1. The van der Waals surface area contributed by atoms with Crippen molar-refractivity contribution >= 4 is 5.69 Å². The molecule has 0 heterocycles. The van der Waals surface area contributed by atoms with Crippen molar-refractivity contribution < 1.29 is 4.39 Å². The summed E-state index contributed by atoms with van der Waals surface area (Å²) in [5.74, 6) is -0.0721. The molecule has 0 aromatic heterocycles. The molecule has 3 heteroatoms. The first-order valence-electron chi connectivity index (χ1n) is 4.21. The summed E-state index contributed by atoms with van der Waals surface area (Å²) < 4.78 is 13.0. The van der Waals surface area contributed by atoms with Crippen molar-refractivity contribution in [2.75, 3.05) is 5.73 Å². The molecule has 1 aromatic rings. The molecule has 13 heavy (non-hydrogen) atoms. The van der Waals surface area contributed by atoms with Gasteiger partial charge in [0.15, 0.2) is 0 Å². The third-order valence-electron chi connectivity index (χ3n) is 2.31. The van der Waals surface area contributed by atoms with Gasteiger partial charge in [-0.2, -0.15) is 5.26 Å². The lowest BCUT2D eigenvalue weighted by Crippen LogP contribution is -1.96. The highest BCUT2D eigenvalue weighted by Gasteiger charge is 2.26. The van der Waals surface area contributed by atoms with Gasteiger partial charge in [-0.1, -0.05) is 0 Å². The first-order chi connectivity index (χ1) is 6.22. The Balaban J connectivity index is 2.52. The van der Waals surface area contributed by atoms with Crippen LogP contribution in [0.5, 0.6) is 0 Å². The summed E-state index contributed by atoms with van der Waals surface area (Å²) in [6.07, 6.45) is 2.20. The van der Waals surface area contributed by atoms with E-state index < -0.39 is 5.82 Å². The standard InChI is InChI=1S/C10H9FN2/c11-9-4-10(13)8(6-1-2-6)3-7(9)5-12/h3-4,6H,1-2,13H2. The van der Waals surface area contributed by atoms with E-state index in [1.54, 1.807) is 6.07 Å². The Morgan fingerprint density at radius 3 is 2.69 bits per heavy atom. The third-order valence-corrected chi connectivity index (χ3v) is 2.31. The van der Waals surface area contributed by atoms with Crippen LogP contribution in [-0.4, -0.2) is 0 Å². The largest absolute Gasteiger partial charge is 0.398 e. The molecule has 1 saturated carbocycles. The molecule has 0 bridgehead atoms. The summed E-state index contributed by atoms with van der Waals surface area (Å²) in [7, 11) is 0. The van der Waals surface area contributed by atoms with Crippen molar-refractivity contribution in [3.8, 4) is 6.07 Å². The van der Waals surface area contributed by atoms with E-state index in [1.165, 1.54) is 6.07 Å². The zero-order chi connectivity index (χ0) is 9.42. The number of rotatable bonds is 1. The Kier molecular flexibility index (Phi) is 1.70. The van der Waals surface area contributed by atoms with Crippen LogP contribution in [0.4, 0.5) is 10.1 Å². The van der Waals surface area contributed by atoms with Crippen LogP contribution >= 0.6 is 0 Å². The molecule has 0 aliphatic heterocycles. The number of hydrogen-bond donors (Lipinski definition) is 1. The highest BCUT2D eigenvalue weighted by Crippen LogP contribution is 2.43. The van der Waals surface area contributed by atoms with E-state index >= 15 is 0 Å². The van der Waals surface area contributed by atoms with Gasteiger partial charge >= 0.3 is 0 Å². The maximum absolute atomic E-state index is 13.0. The fourth-order valence-corrected chi connectivity index (χ4v) is 1.44. The minimum absolute atomic E-state index is 0.0936. The van der Waals surface area contributed by atoms with E-state index in [-0.39, 0.29) is 5.56 Å². The summed E-state index contributed by atoms with van der Waals surface area (Å²) in [6, 6.07) is 4.63. The van der Waals surface area contributed by atoms with Gasteiger partial charge in [-0.15, -0.1) is 0 Å². The van der Waals surface area contributed by atoms with E-state index in [0.29, 0.717) is 11.6 Å². The predicted molar refractivity (Wildman–Crippen MR) is 47.5 cm³/mol. The minimum atomic E-state index is -0.524. The van der Waals surface area contributed by atoms with Crippen LogP contribution in [0, 0.1) is 17.1 Å². The van der Waals surface area contributed by atoms with Crippen molar-refractivity contribution in [2.24, 2.45) is 0 Å². The Morgan fingerprint density at radius 2 is 2.15 bits per heavy atom. The SMILES string of the molecule is N#Cc1cc(C2CC2)c(N)cc1F. The second-order valence-electron chi connectivity index (χ2n) is 3.35. The number of halogens is 1. The topological polar surface area (TPSA) is 49.8 Å². The van der Waals surface area contributed by atoms with Crippen LogP contribution in [0.2, 0.25) is 0 Å². The number of nitrogens with zero attached hydrogens (tertiary/aromatic N) is 1. The predicted octanol–water partition coefficient (Wildman–Crippen LogP) is 2.16. The quantitative estimate of drug-likeness (QED) is 0.666. The van der Waals surface area contributed by atoms with Crippen LogP contribution in [0.1, 0.15) is 29.9 Å². The Bertz CT molecular complexity index is 389. The third kappa shape index (κ3) is 1.35. The second kappa shape index (κ2) is 2.74. The number of nitriles is 1. The molecule has 1 aliphatic rings. The molecule has 2 N–H and O–H groups in total. The van der Waals surface area contributed by atoms with Crippen molar-refractivity contribution in [1.29, 1.82) is 5.26 Å². The lowest BCUT2D eigenvalue weighted by molar-refractivity contribution is 0.624. The normalized spacial score (nSPS) is 15.4. The molecule has 0 unspecified atom stereocenters. The molecule has 1 aliphatic carbocycles. The van der Waals surface area contributed by atoms with Crippen molar-refractivity contribution in [3.05, 3.63) is 29.1 Å². The maximum Gasteiger partial charge on any atom is 0.143 e. The highest BCUT2D eigenvalue weighted by molar-refractivity contribution is 5.54. The average molecular weight is 176 g/mol. The molecule has 0 radical (unpaired) electrons. The zero-order valence-electron chi connectivity index (χ0n) is 7.05. The summed E-state index contributed by atoms with van der Waals surface area (Å²) >= 11 is 0. The van der Waals surface area contributed by atoms with Crippen molar-refractivity contribution in [3.63, 3.8) is 0 Å². The maximum atomic E-state index is 13.0. The monoisotopic (exact) mass is 176 g/mol. The average Bonchev–Trinajstić information content (AvgIpc) is 2.88. The van der Waals surface area contributed by atoms with Crippen LogP contribution in [0.3, 0.4) is 0 Å². The summed E-state index contributed by atoms with van der Waals surface area (Å²) in [5.41, 5.74) is 7.13. The Labute approximate surface area is 75.8 Å². The molecule has 0 atom stereocenters. The van der Waals surface area contributed by atoms with E-state index in [0.717, 1.165) is 18.4 Å². The molecule has 0 amide bonds. The Morgan fingerprint density at radius 1 is 1.46 bits per heavy atom. The molecule has 0 spiro atoms. The van der Waals surface area contributed by atoms with Crippen LogP contribution in [0.15, 0.2) is 12.1 Å². The van der Waals surface area contributed by atoms with E-state index in [4.69, 9.17) is 11.0 Å². The van der Waals surface area contributed by atoms with Gasteiger partial charge in [0.1, 0.15) is 11.9 Å². The van der Waals surface area contributed by atoms with Crippen LogP contribution < -0.4 is 5.73 Å². The Hall–Kier alpha value is -1.56. The number of benzene rings is 1. The van der Waals surface area contributed by atoms with Gasteiger partial charge in [-0.25, -0.2) is 4.39 Å². The van der Waals surface area contributed by atoms with Crippen LogP contribution in [0.25, 0.3) is 0 Å². The summed E-state index contributed by atoms with van der Waals surface area (Å²) in [6.45, 7) is 0. The first kappa shape index (κ1) is 8.06. The second-order valence-corrected chi connectivity index (χ2v) is 3.35. The van der Waals surface area contributed by atoms with E-state index in [9.17, 15) is 4.39 Å². The van der Waals surface area contributed by atoms with Crippen LogP contribution in [-0.2, 0) is 0 Å². The summed E-state index contributed by atoms with van der Waals surface area (Å²) in [4.78, 5) is 0. The number of anilines is 1. The molecule has 2 rings (SSSR count). The number of hydrogen-bond acceptors (Lipinski definition) is 2. The van der Waals surface area contributed by atoms with Gasteiger partial charge in [-0.05, 0) is 36.5 Å². The summed E-state index contributed by atoms with van der Waals surface area (Å²) in [5, 5.41) is 8.61. The van der Waals surface area contributed by atoms with Gasteiger partial charge in [0.05, 0.1) is 5.56 Å². The van der Waals surface area contributed by atoms with E-state index in [1.807, 2.05) is 6.07 Å². The lowest BCUT2D eigenvalue weighted by Gasteiger charge is -2.04. The molecule has 66 valence electrons. The number of nitrogens with two attached hydrogens (primary N) is 1. The highest BCUT2D eigenvalue weighted by atomic mass is 19.1. The molecule has 2 nitrogen and oxygen atoms in total. The smallest absolute Gasteiger partial charge is 0.143 e. The zero-order valence-corrected chi connectivity index (χ0v) is 7.05. The minimum Gasteiger partial charge on any atom is -0.398 e. The van der Waals surface area contributed by atoms with Gasteiger partial charge in [-0.3, -0.25) is 0 Å². The fourth-order valence-electron chi connectivity index (χ4n) is 1.44. The molecular formula is C10H9FN2. The lowest BCUT2D eigenvalue weighted by atomic mass is 10.0. The first-order valence-corrected chi connectivity index (χ1v) is 4.21. The van der Waals surface area contributed by atoms with Gasteiger partial charge < -0.3 is 5.73 Å². The van der Waals surface area contributed by atoms with E-state index in [2.05, 4.69) is 0 Å². The van der Waals surface area contributed by atoms with Gasteiger partial charge in [0.2, 0.25) is 0 Å². The molecular weight excluding hydrogens is 167 g/mol. The fraction of sp³-hybridized carbons (Fsp3) is 0.300.